The van der Waals surface area contributed by atoms with Gasteiger partial charge in [0.2, 0.25) is 15.9 Å². The topological polar surface area (TPSA) is 66.5 Å². The van der Waals surface area contributed by atoms with E-state index in [9.17, 15) is 13.2 Å². The molecule has 110 valence electrons. The minimum atomic E-state index is -3.61. The number of piperidine rings is 1. The fourth-order valence-electron chi connectivity index (χ4n) is 2.26. The second-order valence-electron chi connectivity index (χ2n) is 4.83. The van der Waals surface area contributed by atoms with Crippen LogP contribution in [0.15, 0.2) is 29.2 Å². The van der Waals surface area contributed by atoms with Crippen molar-refractivity contribution in [3.05, 3.63) is 29.3 Å². The van der Waals surface area contributed by atoms with Crippen molar-refractivity contribution >= 4 is 27.5 Å². The molecule has 5 nitrogen and oxygen atoms in total. The number of sulfonamides is 1. The summed E-state index contributed by atoms with van der Waals surface area (Å²) in [6.07, 6.45) is 1.23. The highest BCUT2D eigenvalue weighted by atomic mass is 35.5. The largest absolute Gasteiger partial charge is 0.343 e. The van der Waals surface area contributed by atoms with E-state index in [0.29, 0.717) is 25.9 Å². The van der Waals surface area contributed by atoms with E-state index >= 15 is 0 Å². The first-order valence-corrected chi connectivity index (χ1v) is 8.28. The molecule has 0 aromatic heterocycles. The van der Waals surface area contributed by atoms with Crippen molar-refractivity contribution < 1.29 is 13.2 Å². The van der Waals surface area contributed by atoms with E-state index in [-0.39, 0.29) is 21.9 Å². The summed E-state index contributed by atoms with van der Waals surface area (Å²) in [5, 5.41) is 0.209. The zero-order valence-corrected chi connectivity index (χ0v) is 12.7. The Hall–Kier alpha value is -1.11. The van der Waals surface area contributed by atoms with Crippen LogP contribution in [0.3, 0.4) is 0 Å². The quantitative estimate of drug-likeness (QED) is 0.921. The molecule has 2 rings (SSSR count). The first kappa shape index (κ1) is 15.3. The zero-order chi connectivity index (χ0) is 14.8. The monoisotopic (exact) mass is 316 g/mol. The van der Waals surface area contributed by atoms with Gasteiger partial charge < -0.3 is 4.90 Å². The van der Waals surface area contributed by atoms with Gasteiger partial charge >= 0.3 is 0 Å². The van der Waals surface area contributed by atoms with E-state index in [1.165, 1.54) is 13.0 Å². The maximum Gasteiger partial charge on any atom is 0.242 e. The Morgan fingerprint density at radius 3 is 2.45 bits per heavy atom. The highest BCUT2D eigenvalue weighted by Crippen LogP contribution is 2.22. The molecule has 20 heavy (non-hydrogen) atoms. The van der Waals surface area contributed by atoms with Crippen LogP contribution in [0.1, 0.15) is 19.8 Å². The van der Waals surface area contributed by atoms with Crippen LogP contribution in [0.2, 0.25) is 5.02 Å². The van der Waals surface area contributed by atoms with Crippen molar-refractivity contribution in [2.75, 3.05) is 13.1 Å². The molecule has 0 bridgehead atoms. The van der Waals surface area contributed by atoms with E-state index in [0.717, 1.165) is 0 Å². The number of likely N-dealkylation sites (tertiary alicyclic amines) is 1. The lowest BCUT2D eigenvalue weighted by Crippen LogP contribution is -2.45. The minimum Gasteiger partial charge on any atom is -0.343 e. The molecule has 0 atom stereocenters. The Kier molecular flexibility index (Phi) is 4.67. The second-order valence-corrected chi connectivity index (χ2v) is 6.92. The van der Waals surface area contributed by atoms with E-state index in [4.69, 9.17) is 11.6 Å². The Labute approximate surface area is 124 Å². The SMILES string of the molecule is CC(=O)N1CCC(NS(=O)(=O)c2ccccc2Cl)CC1. The highest BCUT2D eigenvalue weighted by Gasteiger charge is 2.26. The summed E-state index contributed by atoms with van der Waals surface area (Å²) in [4.78, 5) is 13.0. The van der Waals surface area contributed by atoms with Crippen LogP contribution in [-0.4, -0.2) is 38.4 Å². The molecule has 1 N–H and O–H groups in total. The molecule has 7 heteroatoms. The lowest BCUT2D eigenvalue weighted by molar-refractivity contribution is -0.129. The molecular formula is C13H17ClN2O3S. The average molecular weight is 317 g/mol. The third-order valence-electron chi connectivity index (χ3n) is 3.39. The summed E-state index contributed by atoms with van der Waals surface area (Å²) >= 11 is 5.92. The van der Waals surface area contributed by atoms with E-state index in [1.807, 2.05) is 0 Å². The highest BCUT2D eigenvalue weighted by molar-refractivity contribution is 7.89. The number of hydrogen-bond acceptors (Lipinski definition) is 3. The standard InChI is InChI=1S/C13H17ClN2O3S/c1-10(17)16-8-6-11(7-9-16)15-20(18,19)13-5-3-2-4-12(13)14/h2-5,11,15H,6-9H2,1H3. The van der Waals surface area contributed by atoms with Crippen LogP contribution in [0.25, 0.3) is 0 Å². The van der Waals surface area contributed by atoms with E-state index < -0.39 is 10.0 Å². The maximum absolute atomic E-state index is 12.3. The number of nitrogens with zero attached hydrogens (tertiary/aromatic N) is 1. The molecule has 1 fully saturated rings. The van der Waals surface area contributed by atoms with E-state index in [2.05, 4.69) is 4.72 Å². The number of halogens is 1. The van der Waals surface area contributed by atoms with Gasteiger partial charge in [-0.2, -0.15) is 0 Å². The van der Waals surface area contributed by atoms with Gasteiger partial charge in [0.25, 0.3) is 0 Å². The molecule has 0 radical (unpaired) electrons. The predicted molar refractivity (Wildman–Crippen MR) is 77.0 cm³/mol. The molecule has 1 aliphatic rings. The normalized spacial score (nSPS) is 17.2. The number of amides is 1. The molecule has 0 spiro atoms. The molecule has 1 heterocycles. The first-order valence-electron chi connectivity index (χ1n) is 6.42. The molecule has 0 aliphatic carbocycles. The van der Waals surface area contributed by atoms with Gasteiger partial charge in [-0.25, -0.2) is 13.1 Å². The van der Waals surface area contributed by atoms with Gasteiger partial charge in [0.1, 0.15) is 4.90 Å². The predicted octanol–water partition coefficient (Wildman–Crippen LogP) is 1.63. The maximum atomic E-state index is 12.3. The number of carbonyl (C=O) groups excluding carboxylic acids is 1. The van der Waals surface area contributed by atoms with Crippen molar-refractivity contribution in [1.82, 2.24) is 9.62 Å². The van der Waals surface area contributed by atoms with Crippen LogP contribution in [0, 0.1) is 0 Å². The lowest BCUT2D eigenvalue weighted by atomic mass is 10.1. The smallest absolute Gasteiger partial charge is 0.242 e. The van der Waals surface area contributed by atoms with Crippen molar-refractivity contribution in [2.45, 2.75) is 30.7 Å². The van der Waals surface area contributed by atoms with Crippen LogP contribution in [-0.2, 0) is 14.8 Å². The average Bonchev–Trinajstić information content (AvgIpc) is 2.39. The van der Waals surface area contributed by atoms with Crippen molar-refractivity contribution in [2.24, 2.45) is 0 Å². The van der Waals surface area contributed by atoms with Crippen LogP contribution in [0.4, 0.5) is 0 Å². The van der Waals surface area contributed by atoms with Gasteiger partial charge in [-0.05, 0) is 25.0 Å². The van der Waals surface area contributed by atoms with Gasteiger partial charge in [0.05, 0.1) is 5.02 Å². The number of nitrogens with one attached hydrogen (secondary N) is 1. The number of hydrogen-bond donors (Lipinski definition) is 1. The molecule has 1 saturated heterocycles. The van der Waals surface area contributed by atoms with Crippen molar-refractivity contribution in [1.29, 1.82) is 0 Å². The van der Waals surface area contributed by atoms with Crippen molar-refractivity contribution in [3.63, 3.8) is 0 Å². The van der Waals surface area contributed by atoms with Gasteiger partial charge in [-0.15, -0.1) is 0 Å². The molecule has 1 aromatic carbocycles. The Balaban J connectivity index is 2.04. The number of carbonyl (C=O) groups is 1. The third-order valence-corrected chi connectivity index (χ3v) is 5.41. The molecule has 1 aliphatic heterocycles. The Morgan fingerprint density at radius 2 is 1.90 bits per heavy atom. The fourth-order valence-corrected chi connectivity index (χ4v) is 4.08. The summed E-state index contributed by atoms with van der Waals surface area (Å²) in [5.41, 5.74) is 0. The molecule has 1 amide bonds. The second kappa shape index (κ2) is 6.11. The van der Waals surface area contributed by atoms with Crippen LogP contribution >= 0.6 is 11.6 Å². The number of benzene rings is 1. The fraction of sp³-hybridized carbons (Fsp3) is 0.462. The molecular weight excluding hydrogens is 300 g/mol. The van der Waals surface area contributed by atoms with Gasteiger partial charge in [0, 0.05) is 26.1 Å². The summed E-state index contributed by atoms with van der Waals surface area (Å²) < 4.78 is 27.2. The summed E-state index contributed by atoms with van der Waals surface area (Å²) in [6.45, 7) is 2.67. The molecule has 1 aromatic rings. The molecule has 0 unspecified atom stereocenters. The van der Waals surface area contributed by atoms with Gasteiger partial charge in [0.15, 0.2) is 0 Å². The zero-order valence-electron chi connectivity index (χ0n) is 11.2. The lowest BCUT2D eigenvalue weighted by Gasteiger charge is -2.31. The first-order chi connectivity index (χ1) is 9.40. The van der Waals surface area contributed by atoms with Gasteiger partial charge in [-0.3, -0.25) is 4.79 Å². The minimum absolute atomic E-state index is 0.0254. The van der Waals surface area contributed by atoms with Crippen LogP contribution in [0.5, 0.6) is 0 Å². The Bertz CT molecular complexity index is 595. The Morgan fingerprint density at radius 1 is 1.30 bits per heavy atom. The summed E-state index contributed by atoms with van der Waals surface area (Å²) in [5.74, 6) is 0.0254. The summed E-state index contributed by atoms with van der Waals surface area (Å²) in [6, 6.07) is 6.20. The summed E-state index contributed by atoms with van der Waals surface area (Å²) in [7, 11) is -3.61. The van der Waals surface area contributed by atoms with Crippen molar-refractivity contribution in [3.8, 4) is 0 Å². The third kappa shape index (κ3) is 3.50. The van der Waals surface area contributed by atoms with Gasteiger partial charge in [-0.1, -0.05) is 23.7 Å². The van der Waals surface area contributed by atoms with E-state index in [1.54, 1.807) is 23.1 Å². The number of rotatable bonds is 3. The molecule has 0 saturated carbocycles. The van der Waals surface area contributed by atoms with Crippen LogP contribution < -0.4 is 4.72 Å².